The first-order valence-electron chi connectivity index (χ1n) is 11.7. The number of carbonyl (C=O) groups is 1. The molecule has 5 aromatic rings. The van der Waals surface area contributed by atoms with E-state index in [1.54, 1.807) is 36.7 Å². The zero-order valence-corrected chi connectivity index (χ0v) is 20.8. The van der Waals surface area contributed by atoms with Gasteiger partial charge >= 0.3 is 0 Å². The maximum Gasteiger partial charge on any atom is 0.221 e. The predicted molar refractivity (Wildman–Crippen MR) is 144 cm³/mol. The molecule has 5 nitrogen and oxygen atoms in total. The second-order valence-electron chi connectivity index (χ2n) is 8.59. The van der Waals surface area contributed by atoms with Crippen molar-refractivity contribution in [1.82, 2.24) is 9.97 Å². The Labute approximate surface area is 218 Å². The Kier molecular flexibility index (Phi) is 7.10. The van der Waals surface area contributed by atoms with Crippen molar-refractivity contribution < 1.29 is 13.9 Å². The lowest BCUT2D eigenvalue weighted by molar-refractivity contribution is -0.114. The van der Waals surface area contributed by atoms with E-state index in [-0.39, 0.29) is 17.5 Å². The molecule has 0 aliphatic rings. The van der Waals surface area contributed by atoms with E-state index in [1.165, 1.54) is 13.0 Å². The highest BCUT2D eigenvalue weighted by Crippen LogP contribution is 2.41. The Morgan fingerprint density at radius 3 is 2.68 bits per heavy atom. The first-order chi connectivity index (χ1) is 18.0. The minimum atomic E-state index is -0.492. The summed E-state index contributed by atoms with van der Waals surface area (Å²) in [6.45, 7) is 1.62. The molecule has 2 heterocycles. The van der Waals surface area contributed by atoms with Gasteiger partial charge in [-0.05, 0) is 59.7 Å². The van der Waals surface area contributed by atoms with Crippen LogP contribution in [0.3, 0.4) is 0 Å². The van der Waals surface area contributed by atoms with E-state index in [0.717, 1.165) is 22.2 Å². The van der Waals surface area contributed by atoms with Crippen molar-refractivity contribution in [2.45, 2.75) is 20.0 Å². The van der Waals surface area contributed by atoms with Crippen LogP contribution in [0.4, 0.5) is 10.1 Å². The van der Waals surface area contributed by atoms with Crippen LogP contribution in [0.5, 0.6) is 5.75 Å². The summed E-state index contributed by atoms with van der Waals surface area (Å²) in [5.41, 5.74) is 4.62. The van der Waals surface area contributed by atoms with Crippen molar-refractivity contribution in [3.8, 4) is 16.9 Å². The summed E-state index contributed by atoms with van der Waals surface area (Å²) in [4.78, 5) is 20.9. The van der Waals surface area contributed by atoms with Crippen LogP contribution in [0.2, 0.25) is 5.02 Å². The molecule has 3 aromatic carbocycles. The average molecular weight is 512 g/mol. The SMILES string of the molecule is CC(=O)Nc1ccc(OCc2ccc3ccccc3n2)c(-c2ccc(Cl)cc2F)c1Cc1cccnc1. The summed E-state index contributed by atoms with van der Waals surface area (Å²) in [5, 5.41) is 4.20. The summed E-state index contributed by atoms with van der Waals surface area (Å²) in [5.74, 6) is -0.262. The number of rotatable bonds is 7. The zero-order chi connectivity index (χ0) is 25.8. The average Bonchev–Trinajstić information content (AvgIpc) is 2.89. The van der Waals surface area contributed by atoms with E-state index in [2.05, 4.69) is 15.3 Å². The highest BCUT2D eigenvalue weighted by Gasteiger charge is 2.21. The Balaban J connectivity index is 1.62. The monoisotopic (exact) mass is 511 g/mol. The molecule has 1 amide bonds. The number of hydrogen-bond donors (Lipinski definition) is 1. The second-order valence-corrected chi connectivity index (χ2v) is 9.03. The van der Waals surface area contributed by atoms with Crippen LogP contribution < -0.4 is 10.1 Å². The van der Waals surface area contributed by atoms with Crippen LogP contribution in [0.1, 0.15) is 23.7 Å². The molecular formula is C30H23ClFN3O2. The molecule has 0 unspecified atom stereocenters. The predicted octanol–water partition coefficient (Wildman–Crippen LogP) is 7.22. The lowest BCUT2D eigenvalue weighted by Crippen LogP contribution is -2.11. The summed E-state index contributed by atoms with van der Waals surface area (Å²) in [6.07, 6.45) is 3.83. The number of aromatic nitrogens is 2. The Hall–Kier alpha value is -4.29. The molecule has 0 fully saturated rings. The van der Waals surface area contributed by atoms with Gasteiger partial charge in [0.15, 0.2) is 0 Å². The molecule has 1 N–H and O–H groups in total. The molecule has 184 valence electrons. The molecule has 0 aliphatic carbocycles. The number of nitrogens with zero attached hydrogens (tertiary/aromatic N) is 2. The van der Waals surface area contributed by atoms with Crippen LogP contribution in [0.15, 0.2) is 91.3 Å². The topological polar surface area (TPSA) is 64.1 Å². The van der Waals surface area contributed by atoms with Gasteiger partial charge in [-0.2, -0.15) is 0 Å². The number of carbonyl (C=O) groups excluding carboxylic acids is 1. The van der Waals surface area contributed by atoms with E-state index in [4.69, 9.17) is 16.3 Å². The van der Waals surface area contributed by atoms with Gasteiger partial charge in [0, 0.05) is 53.0 Å². The minimum Gasteiger partial charge on any atom is -0.487 e. The lowest BCUT2D eigenvalue weighted by atomic mass is 9.92. The smallest absolute Gasteiger partial charge is 0.221 e. The minimum absolute atomic E-state index is 0.179. The van der Waals surface area contributed by atoms with Crippen LogP contribution in [0, 0.1) is 5.82 Å². The van der Waals surface area contributed by atoms with Crippen molar-refractivity contribution in [2.24, 2.45) is 0 Å². The van der Waals surface area contributed by atoms with Gasteiger partial charge in [-0.15, -0.1) is 0 Å². The Morgan fingerprint density at radius 1 is 1.03 bits per heavy atom. The number of hydrogen-bond acceptors (Lipinski definition) is 4. The van der Waals surface area contributed by atoms with Crippen LogP contribution in [-0.2, 0) is 17.8 Å². The standard InChI is InChI=1S/C30H23ClFN3O2/c1-19(36)34-28-12-13-29(37-18-23-10-8-21-6-2-3-7-27(21)35-23)30(24-11-9-22(31)16-26(24)32)25(28)15-20-5-4-14-33-17-20/h2-14,16-17H,15,18H2,1H3,(H,34,36). The van der Waals surface area contributed by atoms with Crippen LogP contribution in [-0.4, -0.2) is 15.9 Å². The number of pyridine rings is 2. The van der Waals surface area contributed by atoms with Gasteiger partial charge in [0.25, 0.3) is 0 Å². The van der Waals surface area contributed by atoms with E-state index in [1.807, 2.05) is 48.5 Å². The zero-order valence-electron chi connectivity index (χ0n) is 20.0. The third kappa shape index (κ3) is 5.60. The maximum atomic E-state index is 15.3. The van der Waals surface area contributed by atoms with E-state index >= 15 is 4.39 Å². The first kappa shape index (κ1) is 24.4. The highest BCUT2D eigenvalue weighted by atomic mass is 35.5. The largest absolute Gasteiger partial charge is 0.487 e. The number of amides is 1. The number of para-hydroxylation sites is 1. The van der Waals surface area contributed by atoms with Crippen molar-refractivity contribution in [1.29, 1.82) is 0 Å². The first-order valence-corrected chi connectivity index (χ1v) is 12.1. The number of anilines is 1. The number of fused-ring (bicyclic) bond motifs is 1. The summed E-state index contributed by atoms with van der Waals surface area (Å²) >= 11 is 6.06. The van der Waals surface area contributed by atoms with Gasteiger partial charge in [-0.3, -0.25) is 9.78 Å². The highest BCUT2D eigenvalue weighted by molar-refractivity contribution is 6.30. The summed E-state index contributed by atoms with van der Waals surface area (Å²) in [6, 6.07) is 23.6. The molecule has 5 rings (SSSR count). The van der Waals surface area contributed by atoms with Crippen molar-refractivity contribution in [2.75, 3.05) is 5.32 Å². The fourth-order valence-corrected chi connectivity index (χ4v) is 4.43. The molecule has 0 radical (unpaired) electrons. The van der Waals surface area contributed by atoms with E-state index < -0.39 is 5.82 Å². The van der Waals surface area contributed by atoms with Crippen molar-refractivity contribution in [3.63, 3.8) is 0 Å². The van der Waals surface area contributed by atoms with Crippen molar-refractivity contribution >= 4 is 34.1 Å². The third-order valence-electron chi connectivity index (χ3n) is 5.92. The normalized spacial score (nSPS) is 10.9. The van der Waals surface area contributed by atoms with Gasteiger partial charge < -0.3 is 10.1 Å². The number of benzene rings is 3. The quantitative estimate of drug-likeness (QED) is 0.250. The van der Waals surface area contributed by atoms with Gasteiger partial charge in [0.2, 0.25) is 5.91 Å². The van der Waals surface area contributed by atoms with Gasteiger partial charge in [0.05, 0.1) is 11.2 Å². The maximum absolute atomic E-state index is 15.3. The molecule has 0 spiro atoms. The van der Waals surface area contributed by atoms with E-state index in [0.29, 0.717) is 34.5 Å². The fraction of sp³-hybridized carbons (Fsp3) is 0.100. The fourth-order valence-electron chi connectivity index (χ4n) is 4.27. The van der Waals surface area contributed by atoms with Gasteiger partial charge in [0.1, 0.15) is 18.2 Å². The van der Waals surface area contributed by atoms with Gasteiger partial charge in [-0.1, -0.05) is 41.9 Å². The molecule has 0 saturated heterocycles. The molecular weight excluding hydrogens is 489 g/mol. The lowest BCUT2D eigenvalue weighted by Gasteiger charge is -2.20. The van der Waals surface area contributed by atoms with E-state index in [9.17, 15) is 4.79 Å². The molecule has 0 saturated carbocycles. The number of ether oxygens (including phenoxy) is 1. The second kappa shape index (κ2) is 10.8. The molecule has 0 bridgehead atoms. The molecule has 2 aromatic heterocycles. The van der Waals surface area contributed by atoms with Crippen LogP contribution >= 0.6 is 11.6 Å². The third-order valence-corrected chi connectivity index (χ3v) is 6.16. The Bertz CT molecular complexity index is 1590. The molecule has 37 heavy (non-hydrogen) atoms. The number of halogens is 2. The summed E-state index contributed by atoms with van der Waals surface area (Å²) in [7, 11) is 0. The molecule has 7 heteroatoms. The number of nitrogens with one attached hydrogen (secondary N) is 1. The Morgan fingerprint density at radius 2 is 1.89 bits per heavy atom. The molecule has 0 aliphatic heterocycles. The van der Waals surface area contributed by atoms with Crippen LogP contribution in [0.25, 0.3) is 22.0 Å². The molecule has 0 atom stereocenters. The summed E-state index contributed by atoms with van der Waals surface area (Å²) < 4.78 is 21.6. The van der Waals surface area contributed by atoms with Gasteiger partial charge in [-0.25, -0.2) is 9.37 Å². The van der Waals surface area contributed by atoms with Crippen molar-refractivity contribution in [3.05, 3.63) is 119 Å².